The molecule has 0 aromatic heterocycles. The first-order valence-electron chi connectivity index (χ1n) is 6.71. The summed E-state index contributed by atoms with van der Waals surface area (Å²) in [5.74, 6) is -1.10. The van der Waals surface area contributed by atoms with Crippen LogP contribution in [0.3, 0.4) is 0 Å². The van der Waals surface area contributed by atoms with Gasteiger partial charge in [0.2, 0.25) is 5.79 Å². The zero-order valence-electron chi connectivity index (χ0n) is 12.8. The first-order chi connectivity index (χ1) is 9.64. The Morgan fingerprint density at radius 3 is 2.24 bits per heavy atom. The van der Waals surface area contributed by atoms with Crippen LogP contribution >= 0.6 is 0 Å². The second-order valence-corrected chi connectivity index (χ2v) is 7.40. The summed E-state index contributed by atoms with van der Waals surface area (Å²) in [6.45, 7) is 10.7. The molecule has 2 atom stereocenters. The van der Waals surface area contributed by atoms with Crippen LogP contribution in [-0.2, 0) is 25.1 Å². The van der Waals surface area contributed by atoms with E-state index in [1.54, 1.807) is 32.9 Å². The minimum absolute atomic E-state index is 0.0871. The second kappa shape index (κ2) is 5.30. The van der Waals surface area contributed by atoms with E-state index in [9.17, 15) is 9.00 Å². The van der Waals surface area contributed by atoms with E-state index in [1.165, 1.54) is 0 Å². The highest BCUT2D eigenvalue weighted by atomic mass is 32.2. The Morgan fingerprint density at radius 1 is 1.14 bits per heavy atom. The van der Waals surface area contributed by atoms with Crippen molar-refractivity contribution in [3.05, 3.63) is 42.2 Å². The lowest BCUT2D eigenvalue weighted by atomic mass is 9.90. The number of cyclic esters (lactones) is 1. The first kappa shape index (κ1) is 15.8. The highest BCUT2D eigenvalue weighted by Gasteiger charge is 2.49. The predicted octanol–water partition coefficient (Wildman–Crippen LogP) is 2.93. The summed E-state index contributed by atoms with van der Waals surface area (Å²) < 4.78 is 23.3. The van der Waals surface area contributed by atoms with E-state index < -0.39 is 28.0 Å². The molecule has 5 heteroatoms. The van der Waals surface area contributed by atoms with Gasteiger partial charge in [0.15, 0.2) is 0 Å². The van der Waals surface area contributed by atoms with Gasteiger partial charge in [-0.15, -0.1) is 0 Å². The van der Waals surface area contributed by atoms with Gasteiger partial charge in [-0.1, -0.05) is 24.3 Å². The minimum Gasteiger partial charge on any atom is -0.457 e. The fourth-order valence-electron chi connectivity index (χ4n) is 2.05. The quantitative estimate of drug-likeness (QED) is 0.806. The summed E-state index contributed by atoms with van der Waals surface area (Å²) in [4.78, 5) is 12.9. The normalized spacial score (nSPS) is 25.9. The lowest BCUT2D eigenvalue weighted by Gasteiger charge is -2.41. The Labute approximate surface area is 127 Å². The van der Waals surface area contributed by atoms with E-state index in [1.807, 2.05) is 19.1 Å². The van der Waals surface area contributed by atoms with Gasteiger partial charge in [-0.05, 0) is 26.0 Å². The van der Waals surface area contributed by atoms with Crippen molar-refractivity contribution in [2.45, 2.75) is 38.4 Å². The van der Waals surface area contributed by atoms with Crippen LogP contribution in [0.25, 0.3) is 0 Å². The molecular formula is C16H20O4S. The van der Waals surface area contributed by atoms with Gasteiger partial charge in [0.1, 0.15) is 11.2 Å². The molecule has 0 aliphatic carbocycles. The summed E-state index contributed by atoms with van der Waals surface area (Å²) in [5, 5.41) is 0. The van der Waals surface area contributed by atoms with Gasteiger partial charge in [0.25, 0.3) is 0 Å². The molecule has 1 heterocycles. The maximum Gasteiger partial charge on any atom is 0.323 e. The SMILES string of the molecule is C=C1OC(C)(C)OC(=O)C1(C)CS(=O)c1ccc(C)cc1. The standard InChI is InChI=1S/C16H20O4S/c1-11-6-8-13(9-7-11)21(18)10-16(5)12(2)19-15(3,4)20-14(16)17/h6-9H,2,10H2,1,3-5H3. The molecule has 0 radical (unpaired) electrons. The third-order valence-electron chi connectivity index (χ3n) is 3.48. The van der Waals surface area contributed by atoms with Gasteiger partial charge >= 0.3 is 5.97 Å². The van der Waals surface area contributed by atoms with Gasteiger partial charge in [-0.2, -0.15) is 0 Å². The first-order valence-corrected chi connectivity index (χ1v) is 8.03. The zero-order chi connectivity index (χ0) is 15.8. The Balaban J connectivity index is 2.21. The number of benzene rings is 1. The average Bonchev–Trinajstić information content (AvgIpc) is 2.36. The highest BCUT2D eigenvalue weighted by molar-refractivity contribution is 7.85. The van der Waals surface area contributed by atoms with E-state index in [2.05, 4.69) is 6.58 Å². The Kier molecular flexibility index (Phi) is 3.97. The van der Waals surface area contributed by atoms with E-state index in [-0.39, 0.29) is 5.75 Å². The van der Waals surface area contributed by atoms with Gasteiger partial charge in [-0.3, -0.25) is 9.00 Å². The summed E-state index contributed by atoms with van der Waals surface area (Å²) in [6, 6.07) is 7.39. The molecule has 4 nitrogen and oxygen atoms in total. The fourth-order valence-corrected chi connectivity index (χ4v) is 3.46. The third kappa shape index (κ3) is 3.18. The van der Waals surface area contributed by atoms with Crippen molar-refractivity contribution in [1.29, 1.82) is 0 Å². The molecule has 0 bridgehead atoms. The third-order valence-corrected chi connectivity index (χ3v) is 5.11. The largest absolute Gasteiger partial charge is 0.457 e. The van der Waals surface area contributed by atoms with Crippen LogP contribution in [0, 0.1) is 12.3 Å². The number of esters is 1. The van der Waals surface area contributed by atoms with E-state index >= 15 is 0 Å². The molecule has 21 heavy (non-hydrogen) atoms. The molecule has 1 aromatic carbocycles. The lowest BCUT2D eigenvalue weighted by Crippen LogP contribution is -2.49. The maximum atomic E-state index is 12.5. The molecule has 2 rings (SSSR count). The van der Waals surface area contributed by atoms with Crippen molar-refractivity contribution in [2.24, 2.45) is 5.41 Å². The predicted molar refractivity (Wildman–Crippen MR) is 81.0 cm³/mol. The number of ether oxygens (including phenoxy) is 2. The minimum atomic E-state index is -1.34. The molecule has 0 spiro atoms. The lowest BCUT2D eigenvalue weighted by molar-refractivity contribution is -0.236. The monoisotopic (exact) mass is 308 g/mol. The number of carbonyl (C=O) groups is 1. The van der Waals surface area contributed by atoms with Crippen LogP contribution in [0.5, 0.6) is 0 Å². The van der Waals surface area contributed by atoms with Crippen molar-refractivity contribution >= 4 is 16.8 Å². The van der Waals surface area contributed by atoms with Crippen LogP contribution in [0.4, 0.5) is 0 Å². The van der Waals surface area contributed by atoms with Gasteiger partial charge in [-0.25, -0.2) is 0 Å². The van der Waals surface area contributed by atoms with Crippen molar-refractivity contribution in [1.82, 2.24) is 0 Å². The van der Waals surface area contributed by atoms with E-state index in [0.717, 1.165) is 5.56 Å². The van der Waals surface area contributed by atoms with Crippen molar-refractivity contribution in [3.63, 3.8) is 0 Å². The van der Waals surface area contributed by atoms with E-state index in [0.29, 0.717) is 10.7 Å². The molecule has 1 aromatic rings. The smallest absolute Gasteiger partial charge is 0.323 e. The van der Waals surface area contributed by atoms with Crippen LogP contribution in [-0.4, -0.2) is 21.7 Å². The molecule has 1 aliphatic heterocycles. The van der Waals surface area contributed by atoms with Gasteiger partial charge in [0.05, 0.1) is 16.6 Å². The van der Waals surface area contributed by atoms with E-state index in [4.69, 9.17) is 9.47 Å². The van der Waals surface area contributed by atoms with Crippen molar-refractivity contribution in [2.75, 3.05) is 5.75 Å². The summed E-state index contributed by atoms with van der Waals surface area (Å²) in [5.41, 5.74) is -0.0147. The Hall–Kier alpha value is -1.62. The zero-order valence-corrected chi connectivity index (χ0v) is 13.6. The number of hydrogen-bond donors (Lipinski definition) is 0. The van der Waals surface area contributed by atoms with Crippen LogP contribution < -0.4 is 0 Å². The van der Waals surface area contributed by atoms with Gasteiger partial charge < -0.3 is 9.47 Å². The van der Waals surface area contributed by atoms with Crippen LogP contribution in [0.2, 0.25) is 0 Å². The average molecular weight is 308 g/mol. The van der Waals surface area contributed by atoms with Crippen LogP contribution in [0.1, 0.15) is 26.3 Å². The second-order valence-electron chi connectivity index (χ2n) is 5.95. The molecule has 1 fully saturated rings. The highest BCUT2D eigenvalue weighted by Crippen LogP contribution is 2.39. The van der Waals surface area contributed by atoms with Gasteiger partial charge in [0, 0.05) is 18.7 Å². The molecular weight excluding hydrogens is 288 g/mol. The summed E-state index contributed by atoms with van der Waals surface area (Å²) in [7, 11) is -1.34. The Bertz CT molecular complexity index is 581. The molecule has 0 amide bonds. The summed E-state index contributed by atoms with van der Waals surface area (Å²) >= 11 is 0. The number of aryl methyl sites for hydroxylation is 1. The number of rotatable bonds is 3. The molecule has 0 saturated carbocycles. The Morgan fingerprint density at radius 2 is 1.71 bits per heavy atom. The van der Waals surface area contributed by atoms with Crippen LogP contribution in [0.15, 0.2) is 41.5 Å². The topological polar surface area (TPSA) is 52.6 Å². The summed E-state index contributed by atoms with van der Waals surface area (Å²) in [6.07, 6.45) is 0. The van der Waals surface area contributed by atoms with Crippen molar-refractivity contribution < 1.29 is 18.5 Å². The molecule has 0 N–H and O–H groups in total. The molecule has 2 unspecified atom stereocenters. The number of hydrogen-bond acceptors (Lipinski definition) is 4. The number of carbonyl (C=O) groups excluding carboxylic acids is 1. The molecule has 1 aliphatic rings. The molecule has 114 valence electrons. The maximum absolute atomic E-state index is 12.5. The van der Waals surface area contributed by atoms with Crippen molar-refractivity contribution in [3.8, 4) is 0 Å². The molecule has 1 saturated heterocycles. The fraction of sp³-hybridized carbons (Fsp3) is 0.438.